The Morgan fingerprint density at radius 1 is 1.44 bits per heavy atom. The number of nitrogens with one attached hydrogen (secondary N) is 2. The fraction of sp³-hybridized carbons (Fsp3) is 0.389. The highest BCUT2D eigenvalue weighted by atomic mass is 32.1. The molecule has 25 heavy (non-hydrogen) atoms. The number of rotatable bonds is 7. The number of H-pyrrole nitrogens is 1. The average molecular weight is 357 g/mol. The molecule has 3 aromatic heterocycles. The van der Waals surface area contributed by atoms with Gasteiger partial charge < -0.3 is 5.32 Å². The van der Waals surface area contributed by atoms with E-state index in [4.69, 9.17) is 0 Å². The van der Waals surface area contributed by atoms with Crippen LogP contribution in [0.25, 0.3) is 10.6 Å². The monoisotopic (exact) mass is 357 g/mol. The van der Waals surface area contributed by atoms with Crippen LogP contribution >= 0.6 is 11.3 Å². The van der Waals surface area contributed by atoms with Gasteiger partial charge in [0, 0.05) is 18.7 Å². The summed E-state index contributed by atoms with van der Waals surface area (Å²) in [5.74, 6) is 0.401. The number of carbonyl (C=O) groups is 1. The van der Waals surface area contributed by atoms with Gasteiger partial charge in [-0.1, -0.05) is 19.9 Å². The first-order valence-corrected chi connectivity index (χ1v) is 9.37. The lowest BCUT2D eigenvalue weighted by molar-refractivity contribution is 0.0940. The van der Waals surface area contributed by atoms with Crippen molar-refractivity contribution in [2.45, 2.75) is 40.3 Å². The number of amides is 1. The minimum Gasteiger partial charge on any atom is -0.346 e. The van der Waals surface area contributed by atoms with Gasteiger partial charge in [-0.3, -0.25) is 14.6 Å². The summed E-state index contributed by atoms with van der Waals surface area (Å²) in [5, 5.41) is 16.7. The Morgan fingerprint density at radius 2 is 2.28 bits per heavy atom. The average Bonchev–Trinajstić information content (AvgIpc) is 3.31. The Kier molecular flexibility index (Phi) is 5.33. The van der Waals surface area contributed by atoms with Crippen LogP contribution in [0.5, 0.6) is 0 Å². The highest BCUT2D eigenvalue weighted by molar-refractivity contribution is 7.13. The van der Waals surface area contributed by atoms with Crippen LogP contribution in [-0.4, -0.2) is 25.9 Å². The molecule has 0 spiro atoms. The molecular formula is C18H23N5OS. The predicted molar refractivity (Wildman–Crippen MR) is 99.5 cm³/mol. The molecule has 0 saturated heterocycles. The second-order valence-electron chi connectivity index (χ2n) is 6.36. The number of carbonyl (C=O) groups excluding carboxylic acids is 1. The molecule has 0 unspecified atom stereocenters. The van der Waals surface area contributed by atoms with Crippen LogP contribution in [0.3, 0.4) is 0 Å². The van der Waals surface area contributed by atoms with Gasteiger partial charge in [0.25, 0.3) is 5.91 Å². The van der Waals surface area contributed by atoms with Crippen molar-refractivity contribution in [1.82, 2.24) is 25.3 Å². The van der Waals surface area contributed by atoms with Crippen molar-refractivity contribution in [3.8, 4) is 10.6 Å². The van der Waals surface area contributed by atoms with Crippen molar-refractivity contribution in [2.24, 2.45) is 5.92 Å². The van der Waals surface area contributed by atoms with Crippen molar-refractivity contribution < 1.29 is 4.79 Å². The van der Waals surface area contributed by atoms with E-state index in [1.165, 1.54) is 0 Å². The highest BCUT2D eigenvalue weighted by Gasteiger charge is 2.16. The van der Waals surface area contributed by atoms with Crippen molar-refractivity contribution in [3.63, 3.8) is 0 Å². The molecule has 0 radical (unpaired) electrons. The van der Waals surface area contributed by atoms with Crippen molar-refractivity contribution in [3.05, 3.63) is 46.7 Å². The molecular weight excluding hydrogens is 334 g/mol. The summed E-state index contributed by atoms with van der Waals surface area (Å²) < 4.78 is 1.77. The largest absolute Gasteiger partial charge is 0.346 e. The Hall–Kier alpha value is -2.41. The minimum atomic E-state index is -0.109. The van der Waals surface area contributed by atoms with Gasteiger partial charge in [0.05, 0.1) is 22.5 Å². The maximum Gasteiger partial charge on any atom is 0.269 e. The first-order chi connectivity index (χ1) is 12.1. The van der Waals surface area contributed by atoms with Gasteiger partial charge in [-0.05, 0) is 36.8 Å². The molecule has 0 atom stereocenters. The van der Waals surface area contributed by atoms with E-state index in [-0.39, 0.29) is 5.91 Å². The number of aryl methyl sites for hydroxylation is 1. The lowest BCUT2D eigenvalue weighted by atomic mass is 10.1. The molecule has 2 N–H and O–H groups in total. The number of aromatic nitrogens is 4. The van der Waals surface area contributed by atoms with Crippen molar-refractivity contribution in [2.75, 3.05) is 0 Å². The van der Waals surface area contributed by atoms with Crippen molar-refractivity contribution >= 4 is 17.2 Å². The molecule has 3 aromatic rings. The van der Waals surface area contributed by atoms with Crippen LogP contribution in [0, 0.1) is 5.92 Å². The zero-order valence-electron chi connectivity index (χ0n) is 14.7. The number of nitrogens with zero attached hydrogens (tertiary/aromatic N) is 3. The smallest absolute Gasteiger partial charge is 0.269 e. The Bertz CT molecular complexity index is 832. The lowest BCUT2D eigenvalue weighted by Crippen LogP contribution is -2.25. The summed E-state index contributed by atoms with van der Waals surface area (Å²) in [5.41, 5.74) is 3.50. The zero-order chi connectivity index (χ0) is 17.8. The molecule has 0 bridgehead atoms. The standard InChI is InChI=1S/C18H23N5OS/c1-4-23-15(9-14(22-23)8-12(2)3)18(24)19-10-13-11-20-21-17(13)16-6-5-7-25-16/h5-7,9,11-12H,4,8,10H2,1-3H3,(H,19,24)(H,20,21). The van der Waals surface area contributed by atoms with E-state index in [2.05, 4.69) is 34.5 Å². The van der Waals surface area contributed by atoms with Crippen LogP contribution in [0.4, 0.5) is 0 Å². The predicted octanol–water partition coefficient (Wildman–Crippen LogP) is 3.48. The normalized spacial score (nSPS) is 11.2. The molecule has 3 rings (SSSR count). The van der Waals surface area contributed by atoms with Gasteiger partial charge in [0.15, 0.2) is 0 Å². The van der Waals surface area contributed by atoms with E-state index in [9.17, 15) is 4.79 Å². The molecule has 3 heterocycles. The van der Waals surface area contributed by atoms with Crippen LogP contribution < -0.4 is 5.32 Å². The minimum absolute atomic E-state index is 0.109. The molecule has 0 aliphatic carbocycles. The zero-order valence-corrected chi connectivity index (χ0v) is 15.6. The van der Waals surface area contributed by atoms with Gasteiger partial charge in [-0.2, -0.15) is 10.2 Å². The number of hydrogen-bond acceptors (Lipinski definition) is 4. The topological polar surface area (TPSA) is 75.6 Å². The van der Waals surface area contributed by atoms with Gasteiger partial charge in [-0.15, -0.1) is 11.3 Å². The summed E-state index contributed by atoms with van der Waals surface area (Å²) in [6.07, 6.45) is 2.63. The molecule has 0 aromatic carbocycles. The van der Waals surface area contributed by atoms with E-state index in [0.29, 0.717) is 24.7 Å². The quantitative estimate of drug-likeness (QED) is 0.680. The summed E-state index contributed by atoms with van der Waals surface area (Å²) in [6.45, 7) is 7.39. The lowest BCUT2D eigenvalue weighted by Gasteiger charge is -2.06. The summed E-state index contributed by atoms with van der Waals surface area (Å²) in [7, 11) is 0. The second-order valence-corrected chi connectivity index (χ2v) is 7.31. The number of aromatic amines is 1. The molecule has 1 amide bonds. The molecule has 0 aliphatic heterocycles. The summed E-state index contributed by atoms with van der Waals surface area (Å²) in [6, 6.07) is 5.93. The fourth-order valence-electron chi connectivity index (χ4n) is 2.76. The Balaban J connectivity index is 1.71. The highest BCUT2D eigenvalue weighted by Crippen LogP contribution is 2.25. The third-order valence-corrected chi connectivity index (χ3v) is 4.79. The van der Waals surface area contributed by atoms with Gasteiger partial charge >= 0.3 is 0 Å². The van der Waals surface area contributed by atoms with E-state index < -0.39 is 0 Å². The SMILES string of the molecule is CCn1nc(CC(C)C)cc1C(=O)NCc1cn[nH]c1-c1cccs1. The van der Waals surface area contributed by atoms with Crippen LogP contribution in [0.15, 0.2) is 29.8 Å². The van der Waals surface area contributed by atoms with Crippen LogP contribution in [-0.2, 0) is 19.5 Å². The van der Waals surface area contributed by atoms with Gasteiger partial charge in [-0.25, -0.2) is 0 Å². The molecule has 6 nitrogen and oxygen atoms in total. The molecule has 0 saturated carbocycles. The third kappa shape index (κ3) is 3.99. The first-order valence-electron chi connectivity index (χ1n) is 8.49. The third-order valence-electron chi connectivity index (χ3n) is 3.90. The summed E-state index contributed by atoms with van der Waals surface area (Å²) in [4.78, 5) is 13.7. The van der Waals surface area contributed by atoms with Gasteiger partial charge in [0.2, 0.25) is 0 Å². The maximum atomic E-state index is 12.6. The number of hydrogen-bond donors (Lipinski definition) is 2. The van der Waals surface area contributed by atoms with E-state index in [1.807, 2.05) is 30.5 Å². The van der Waals surface area contributed by atoms with Crippen molar-refractivity contribution in [1.29, 1.82) is 0 Å². The van der Waals surface area contributed by atoms with E-state index in [0.717, 1.165) is 28.2 Å². The molecule has 0 fully saturated rings. The van der Waals surface area contributed by atoms with E-state index >= 15 is 0 Å². The Labute approximate surface area is 151 Å². The molecule has 132 valence electrons. The molecule has 0 aliphatic rings. The molecule has 7 heteroatoms. The fourth-order valence-corrected chi connectivity index (χ4v) is 3.51. The second kappa shape index (κ2) is 7.65. The van der Waals surface area contributed by atoms with Crippen LogP contribution in [0.1, 0.15) is 42.5 Å². The first kappa shape index (κ1) is 17.4. The maximum absolute atomic E-state index is 12.6. The number of thiophene rings is 1. The summed E-state index contributed by atoms with van der Waals surface area (Å²) >= 11 is 1.64. The van der Waals surface area contributed by atoms with Crippen LogP contribution in [0.2, 0.25) is 0 Å². The van der Waals surface area contributed by atoms with E-state index in [1.54, 1.807) is 22.2 Å². The Morgan fingerprint density at radius 3 is 2.96 bits per heavy atom. The van der Waals surface area contributed by atoms with Gasteiger partial charge in [0.1, 0.15) is 5.69 Å².